The van der Waals surface area contributed by atoms with Crippen LogP contribution in [-0.2, 0) is 13.2 Å². The van der Waals surface area contributed by atoms with Gasteiger partial charge in [0.25, 0.3) is 0 Å². The quantitative estimate of drug-likeness (QED) is 0.238. The molecule has 0 aliphatic heterocycles. The molecule has 178 valence electrons. The van der Waals surface area contributed by atoms with Crippen LogP contribution in [0.25, 0.3) is 0 Å². The third-order valence-corrected chi connectivity index (χ3v) is 6.39. The lowest BCUT2D eigenvalue weighted by Crippen LogP contribution is -2.29. The second-order valence-corrected chi connectivity index (χ2v) is 9.33. The molecule has 0 amide bonds. The summed E-state index contributed by atoms with van der Waals surface area (Å²) in [6.07, 6.45) is 6.25. The number of nitrogens with one attached hydrogen (secondary N) is 1. The van der Waals surface area contributed by atoms with Crippen LogP contribution in [0.2, 0.25) is 5.02 Å². The van der Waals surface area contributed by atoms with Crippen LogP contribution in [-0.4, -0.2) is 38.2 Å². The van der Waals surface area contributed by atoms with Gasteiger partial charge in [0.05, 0.1) is 11.6 Å². The lowest BCUT2D eigenvalue weighted by Gasteiger charge is -2.22. The van der Waals surface area contributed by atoms with Gasteiger partial charge in [0.15, 0.2) is 11.5 Å². The number of hydrogen-bond donors (Lipinski definition) is 1. The Hall–Kier alpha value is -1.27. The Morgan fingerprint density at radius 2 is 1.69 bits per heavy atom. The van der Waals surface area contributed by atoms with Crippen LogP contribution in [0.4, 0.5) is 0 Å². The zero-order chi connectivity index (χ0) is 23.2. The topological polar surface area (TPSA) is 33.7 Å². The minimum Gasteiger partial charge on any atom is -0.493 e. The molecule has 0 fully saturated rings. The van der Waals surface area contributed by atoms with E-state index in [4.69, 9.17) is 21.1 Å². The maximum absolute atomic E-state index is 6.25. The van der Waals surface area contributed by atoms with E-state index in [2.05, 4.69) is 46.1 Å². The summed E-state index contributed by atoms with van der Waals surface area (Å²) in [7, 11) is 1.67. The lowest BCUT2D eigenvalue weighted by atomic mass is 10.2. The molecule has 0 saturated carbocycles. The zero-order valence-electron chi connectivity index (χ0n) is 19.8. The minimum absolute atomic E-state index is 0.388. The highest BCUT2D eigenvalue weighted by Crippen LogP contribution is 2.37. The Morgan fingerprint density at radius 3 is 2.34 bits per heavy atom. The second kappa shape index (κ2) is 15.5. The summed E-state index contributed by atoms with van der Waals surface area (Å²) in [4.78, 5) is 2.61. The average Bonchev–Trinajstić information content (AvgIpc) is 2.80. The van der Waals surface area contributed by atoms with Crippen molar-refractivity contribution in [2.45, 2.75) is 59.1 Å². The number of nitrogens with zero attached hydrogens (tertiary/aromatic N) is 1. The number of methoxy groups -OCH3 is 1. The number of unbranched alkanes of at least 4 members (excludes halogenated alkanes) is 2. The van der Waals surface area contributed by atoms with E-state index in [0.29, 0.717) is 23.1 Å². The van der Waals surface area contributed by atoms with Crippen molar-refractivity contribution in [2.75, 3.05) is 33.3 Å². The molecule has 0 radical (unpaired) electrons. The minimum atomic E-state index is 0.388. The van der Waals surface area contributed by atoms with Crippen molar-refractivity contribution >= 4 is 27.5 Å². The molecule has 2 aromatic carbocycles. The van der Waals surface area contributed by atoms with Crippen molar-refractivity contribution < 1.29 is 9.47 Å². The van der Waals surface area contributed by atoms with Crippen molar-refractivity contribution in [1.82, 2.24) is 10.2 Å². The van der Waals surface area contributed by atoms with Gasteiger partial charge >= 0.3 is 0 Å². The molecule has 0 unspecified atom stereocenters. The fourth-order valence-corrected chi connectivity index (χ4v) is 4.33. The van der Waals surface area contributed by atoms with Crippen LogP contribution in [0, 0.1) is 0 Å². The zero-order valence-corrected chi connectivity index (χ0v) is 22.1. The number of halogens is 2. The van der Waals surface area contributed by atoms with Gasteiger partial charge in [-0.1, -0.05) is 56.5 Å². The van der Waals surface area contributed by atoms with E-state index in [-0.39, 0.29) is 0 Å². The molecule has 4 nitrogen and oxygen atoms in total. The summed E-state index contributed by atoms with van der Waals surface area (Å²) in [6.45, 7) is 10.3. The molecule has 1 N–H and O–H groups in total. The summed E-state index contributed by atoms with van der Waals surface area (Å²) in [6, 6.07) is 11.8. The van der Waals surface area contributed by atoms with Crippen LogP contribution in [0.3, 0.4) is 0 Å². The van der Waals surface area contributed by atoms with E-state index in [1.54, 1.807) is 7.11 Å². The lowest BCUT2D eigenvalue weighted by molar-refractivity contribution is 0.261. The Labute approximate surface area is 207 Å². The third-order valence-electron chi connectivity index (χ3n) is 5.43. The second-order valence-electron chi connectivity index (χ2n) is 8.07. The Kier molecular flexibility index (Phi) is 13.1. The summed E-state index contributed by atoms with van der Waals surface area (Å²) in [5.74, 6) is 1.41. The molecule has 0 aliphatic rings. The predicted octanol–water partition coefficient (Wildman–Crippen LogP) is 7.07. The molecule has 0 atom stereocenters. The van der Waals surface area contributed by atoms with E-state index in [1.165, 1.54) is 38.8 Å². The molecule has 0 saturated heterocycles. The fraction of sp³-hybridized carbons (Fsp3) is 0.538. The molecule has 32 heavy (non-hydrogen) atoms. The molecule has 0 aromatic heterocycles. The first-order valence-corrected chi connectivity index (χ1v) is 12.9. The molecule has 2 rings (SSSR count). The first kappa shape index (κ1) is 27.0. The van der Waals surface area contributed by atoms with Gasteiger partial charge in [0.2, 0.25) is 0 Å². The van der Waals surface area contributed by atoms with Gasteiger partial charge in [-0.3, -0.25) is 0 Å². The molecule has 2 aromatic rings. The van der Waals surface area contributed by atoms with E-state index in [0.717, 1.165) is 41.7 Å². The van der Waals surface area contributed by atoms with E-state index in [1.807, 2.05) is 30.3 Å². The van der Waals surface area contributed by atoms with Crippen molar-refractivity contribution in [3.8, 4) is 11.5 Å². The van der Waals surface area contributed by atoms with Gasteiger partial charge in [-0.2, -0.15) is 0 Å². The summed E-state index contributed by atoms with van der Waals surface area (Å²) >= 11 is 9.90. The largest absolute Gasteiger partial charge is 0.493 e. The molecule has 0 bridgehead atoms. The predicted molar refractivity (Wildman–Crippen MR) is 139 cm³/mol. The Bertz CT molecular complexity index is 795. The monoisotopic (exact) mass is 524 g/mol. The van der Waals surface area contributed by atoms with Crippen LogP contribution >= 0.6 is 27.5 Å². The number of rotatable bonds is 16. The van der Waals surface area contributed by atoms with E-state index >= 15 is 0 Å². The van der Waals surface area contributed by atoms with Gasteiger partial charge in [-0.25, -0.2) is 0 Å². The van der Waals surface area contributed by atoms with Crippen LogP contribution < -0.4 is 14.8 Å². The van der Waals surface area contributed by atoms with Crippen molar-refractivity contribution in [2.24, 2.45) is 0 Å². The van der Waals surface area contributed by atoms with Gasteiger partial charge in [0.1, 0.15) is 6.61 Å². The van der Waals surface area contributed by atoms with Gasteiger partial charge in [0, 0.05) is 17.1 Å². The van der Waals surface area contributed by atoms with Gasteiger partial charge in [-0.15, -0.1) is 0 Å². The van der Waals surface area contributed by atoms with E-state index in [9.17, 15) is 0 Å². The SMILES string of the molecule is CCCCN(CCCC)CCCNCc1cc(Br)c(OCc2ccccc2Cl)c(OC)c1. The van der Waals surface area contributed by atoms with Crippen molar-refractivity contribution in [1.29, 1.82) is 0 Å². The molecule has 6 heteroatoms. The van der Waals surface area contributed by atoms with Gasteiger partial charge in [-0.05, 0) is 85.1 Å². The van der Waals surface area contributed by atoms with Crippen molar-refractivity contribution in [3.05, 3.63) is 57.0 Å². The van der Waals surface area contributed by atoms with Gasteiger partial charge < -0.3 is 19.7 Å². The fourth-order valence-electron chi connectivity index (χ4n) is 3.54. The average molecular weight is 526 g/mol. The molecular formula is C26H38BrClN2O2. The first-order chi connectivity index (χ1) is 15.6. The van der Waals surface area contributed by atoms with Crippen LogP contribution in [0.15, 0.2) is 40.9 Å². The highest BCUT2D eigenvalue weighted by Gasteiger charge is 2.13. The standard InChI is InChI=1S/C26H38BrClN2O2/c1-4-6-14-30(15-7-5-2)16-10-13-29-19-21-17-23(27)26(25(18-21)31-3)32-20-22-11-8-9-12-24(22)28/h8-9,11-12,17-18,29H,4-7,10,13-16,19-20H2,1-3H3. The summed E-state index contributed by atoms with van der Waals surface area (Å²) < 4.78 is 12.5. The van der Waals surface area contributed by atoms with Crippen molar-refractivity contribution in [3.63, 3.8) is 0 Å². The summed E-state index contributed by atoms with van der Waals surface area (Å²) in [5.41, 5.74) is 2.11. The first-order valence-electron chi connectivity index (χ1n) is 11.7. The highest BCUT2D eigenvalue weighted by molar-refractivity contribution is 9.10. The third kappa shape index (κ3) is 9.30. The highest BCUT2D eigenvalue weighted by atomic mass is 79.9. The number of hydrogen-bond acceptors (Lipinski definition) is 4. The van der Waals surface area contributed by atoms with Crippen LogP contribution in [0.5, 0.6) is 11.5 Å². The smallest absolute Gasteiger partial charge is 0.175 e. The molecular weight excluding hydrogens is 488 g/mol. The number of benzene rings is 2. The molecule has 0 aliphatic carbocycles. The molecule has 0 spiro atoms. The molecule has 0 heterocycles. The Balaban J connectivity index is 1.84. The maximum atomic E-state index is 6.25. The van der Waals surface area contributed by atoms with Crippen LogP contribution in [0.1, 0.15) is 57.1 Å². The summed E-state index contributed by atoms with van der Waals surface area (Å²) in [5, 5.41) is 4.27. The Morgan fingerprint density at radius 1 is 1.00 bits per heavy atom. The normalized spacial score (nSPS) is 11.2. The number of ether oxygens (including phenoxy) is 2. The van der Waals surface area contributed by atoms with E-state index < -0.39 is 0 Å². The maximum Gasteiger partial charge on any atom is 0.175 e.